The molecule has 66 heavy (non-hydrogen) atoms. The van der Waals surface area contributed by atoms with Crippen molar-refractivity contribution in [3.63, 3.8) is 0 Å². The van der Waals surface area contributed by atoms with E-state index in [2.05, 4.69) is 118 Å². The lowest BCUT2D eigenvalue weighted by molar-refractivity contribution is -0.162. The summed E-state index contributed by atoms with van der Waals surface area (Å²) in [6, 6.07) is 0. The molecule has 0 aliphatic rings. The number of hydrogen-bond donors (Lipinski definition) is 0. The van der Waals surface area contributed by atoms with Crippen LogP contribution < -0.4 is 0 Å². The molecule has 5 nitrogen and oxygen atoms in total. The first-order valence-corrected chi connectivity index (χ1v) is 27.4. The van der Waals surface area contributed by atoms with Crippen molar-refractivity contribution < 1.29 is 23.8 Å². The van der Waals surface area contributed by atoms with Gasteiger partial charge in [0.15, 0.2) is 6.10 Å². The van der Waals surface area contributed by atoms with Gasteiger partial charge in [0.1, 0.15) is 6.61 Å². The van der Waals surface area contributed by atoms with Gasteiger partial charge in [-0.05, 0) is 83.5 Å². The average molecular weight is 915 g/mol. The fourth-order valence-corrected chi connectivity index (χ4v) is 7.34. The zero-order chi connectivity index (χ0) is 47.7. The second-order valence-electron chi connectivity index (χ2n) is 17.7. The SMILES string of the molecule is CC/C=C\C/C=C\C/C=C\C/C=C\C/C=C\CC(=O)OCC(COCCCCCCCCCCCCCCCCCCCCCC)OC(=O)CCCC/C=C\C/C=C\C/C=C\C/C=C\CC. The fourth-order valence-electron chi connectivity index (χ4n) is 7.34. The molecule has 1 atom stereocenters. The molecule has 0 saturated heterocycles. The molecule has 0 aliphatic carbocycles. The topological polar surface area (TPSA) is 61.8 Å². The van der Waals surface area contributed by atoms with Gasteiger partial charge in [-0.15, -0.1) is 0 Å². The van der Waals surface area contributed by atoms with Crippen molar-refractivity contribution in [1.82, 2.24) is 0 Å². The first-order valence-electron chi connectivity index (χ1n) is 27.4. The molecule has 0 spiro atoms. The van der Waals surface area contributed by atoms with Gasteiger partial charge in [-0.3, -0.25) is 9.59 Å². The molecule has 5 heteroatoms. The Hall–Kier alpha value is -3.44. The highest BCUT2D eigenvalue weighted by molar-refractivity contribution is 5.71. The first-order chi connectivity index (χ1) is 32.6. The molecule has 0 fully saturated rings. The van der Waals surface area contributed by atoms with Gasteiger partial charge in [-0.25, -0.2) is 0 Å². The van der Waals surface area contributed by atoms with E-state index in [-0.39, 0.29) is 31.6 Å². The zero-order valence-electron chi connectivity index (χ0n) is 43.2. The van der Waals surface area contributed by atoms with Crippen molar-refractivity contribution in [2.45, 2.75) is 245 Å². The van der Waals surface area contributed by atoms with Crippen LogP contribution in [0.5, 0.6) is 0 Å². The van der Waals surface area contributed by atoms with Gasteiger partial charge in [-0.2, -0.15) is 0 Å². The van der Waals surface area contributed by atoms with Gasteiger partial charge in [0.05, 0.1) is 13.0 Å². The minimum absolute atomic E-state index is 0.0104. The predicted octanol–water partition coefficient (Wildman–Crippen LogP) is 18.8. The second-order valence-corrected chi connectivity index (χ2v) is 17.7. The van der Waals surface area contributed by atoms with E-state index < -0.39 is 6.10 Å². The van der Waals surface area contributed by atoms with Gasteiger partial charge in [0, 0.05) is 13.0 Å². The molecule has 0 bridgehead atoms. The number of carbonyl (C=O) groups excluding carboxylic acids is 2. The summed E-state index contributed by atoms with van der Waals surface area (Å²) >= 11 is 0. The number of hydrogen-bond acceptors (Lipinski definition) is 5. The summed E-state index contributed by atoms with van der Waals surface area (Å²) in [7, 11) is 0. The summed E-state index contributed by atoms with van der Waals surface area (Å²) < 4.78 is 17.3. The molecule has 0 saturated carbocycles. The Morgan fingerprint density at radius 1 is 0.364 bits per heavy atom. The Morgan fingerprint density at radius 2 is 0.727 bits per heavy atom. The highest BCUT2D eigenvalue weighted by atomic mass is 16.6. The molecule has 0 N–H and O–H groups in total. The van der Waals surface area contributed by atoms with Crippen LogP contribution in [0, 0.1) is 0 Å². The zero-order valence-corrected chi connectivity index (χ0v) is 43.2. The molecular formula is C61H102O5. The Bertz CT molecular complexity index is 1310. The molecule has 0 amide bonds. The van der Waals surface area contributed by atoms with E-state index in [1.165, 1.54) is 116 Å². The Labute approximate surface area is 408 Å². The molecule has 0 aromatic rings. The molecule has 0 rings (SSSR count). The summed E-state index contributed by atoms with van der Waals surface area (Å²) in [5.74, 6) is -0.592. The number of allylic oxidation sites excluding steroid dienone is 17. The van der Waals surface area contributed by atoms with Crippen LogP contribution >= 0.6 is 0 Å². The van der Waals surface area contributed by atoms with Crippen LogP contribution in [0.4, 0.5) is 0 Å². The van der Waals surface area contributed by atoms with E-state index in [0.29, 0.717) is 13.0 Å². The van der Waals surface area contributed by atoms with Crippen LogP contribution in [0.1, 0.15) is 239 Å². The standard InChI is InChI=1S/C61H102O5/c1-4-7-10-13-16-19-22-25-28-29-30-31-32-35-38-41-44-47-50-53-56-64-57-59(66-61(63)55-52-49-46-43-40-37-34-27-24-21-18-15-12-9-6-3)58-65-60(62)54-51-48-45-42-39-36-33-26-23-20-17-14-11-8-5-2/h8-9,11-12,17-18,20-21,26-27,33-34,39-40,42-43,48,51,59H,4-7,10,13-16,19,22-25,28-32,35-38,41,44-47,49-50,52-58H2,1-3H3/b11-8-,12-9-,20-17-,21-18-,33-26-,34-27-,42-39-,43-40-,51-48-. The first kappa shape index (κ1) is 62.6. The van der Waals surface area contributed by atoms with E-state index in [9.17, 15) is 9.59 Å². The number of unbranched alkanes of at least 4 members (excludes halogenated alkanes) is 21. The van der Waals surface area contributed by atoms with Gasteiger partial charge >= 0.3 is 11.9 Å². The summed E-state index contributed by atoms with van der Waals surface area (Å²) in [6.45, 7) is 7.46. The van der Waals surface area contributed by atoms with Crippen LogP contribution in [-0.2, 0) is 23.8 Å². The number of esters is 2. The fraction of sp³-hybridized carbons (Fsp3) is 0.672. The van der Waals surface area contributed by atoms with E-state index in [0.717, 1.165) is 89.9 Å². The smallest absolute Gasteiger partial charge is 0.309 e. The Kier molecular flexibility index (Phi) is 53.0. The lowest BCUT2D eigenvalue weighted by Gasteiger charge is -2.18. The maximum atomic E-state index is 12.8. The molecule has 376 valence electrons. The predicted molar refractivity (Wildman–Crippen MR) is 288 cm³/mol. The maximum Gasteiger partial charge on any atom is 0.309 e. The van der Waals surface area contributed by atoms with Crippen molar-refractivity contribution in [1.29, 1.82) is 0 Å². The minimum atomic E-state index is -0.603. The molecule has 0 aromatic carbocycles. The van der Waals surface area contributed by atoms with Crippen molar-refractivity contribution in [2.75, 3.05) is 19.8 Å². The van der Waals surface area contributed by atoms with Crippen molar-refractivity contribution in [3.8, 4) is 0 Å². The average Bonchev–Trinajstić information content (AvgIpc) is 3.32. The van der Waals surface area contributed by atoms with E-state index >= 15 is 0 Å². The molecule has 0 heterocycles. The third-order valence-electron chi connectivity index (χ3n) is 11.3. The molecule has 0 aliphatic heterocycles. The third-order valence-corrected chi connectivity index (χ3v) is 11.3. The maximum absolute atomic E-state index is 12.8. The number of rotatable bonds is 49. The highest BCUT2D eigenvalue weighted by Gasteiger charge is 2.17. The van der Waals surface area contributed by atoms with Crippen molar-refractivity contribution >= 4 is 11.9 Å². The van der Waals surface area contributed by atoms with Gasteiger partial charge < -0.3 is 14.2 Å². The van der Waals surface area contributed by atoms with Crippen LogP contribution in [0.2, 0.25) is 0 Å². The van der Waals surface area contributed by atoms with Crippen molar-refractivity contribution in [3.05, 3.63) is 109 Å². The van der Waals surface area contributed by atoms with Gasteiger partial charge in [0.2, 0.25) is 0 Å². The summed E-state index contributed by atoms with van der Waals surface area (Å²) in [5.41, 5.74) is 0. The largest absolute Gasteiger partial charge is 0.461 e. The highest BCUT2D eigenvalue weighted by Crippen LogP contribution is 2.15. The normalized spacial score (nSPS) is 13.1. The van der Waals surface area contributed by atoms with E-state index in [1.54, 1.807) is 0 Å². The lowest BCUT2D eigenvalue weighted by atomic mass is 10.0. The Morgan fingerprint density at radius 3 is 1.14 bits per heavy atom. The van der Waals surface area contributed by atoms with Crippen LogP contribution in [-0.4, -0.2) is 37.9 Å². The second kappa shape index (κ2) is 55.9. The number of ether oxygens (including phenoxy) is 3. The quantitative estimate of drug-likeness (QED) is 0.0346. The molecule has 1 unspecified atom stereocenters. The monoisotopic (exact) mass is 915 g/mol. The van der Waals surface area contributed by atoms with E-state index in [1.807, 2.05) is 12.2 Å². The third kappa shape index (κ3) is 53.2. The van der Waals surface area contributed by atoms with Gasteiger partial charge in [-0.1, -0.05) is 252 Å². The van der Waals surface area contributed by atoms with Crippen LogP contribution in [0.25, 0.3) is 0 Å². The Balaban J connectivity index is 4.40. The molecular weight excluding hydrogens is 813 g/mol. The summed E-state index contributed by atoms with van der Waals surface area (Å²) in [5, 5.41) is 0. The minimum Gasteiger partial charge on any atom is -0.461 e. The van der Waals surface area contributed by atoms with Crippen LogP contribution in [0.3, 0.4) is 0 Å². The van der Waals surface area contributed by atoms with Gasteiger partial charge in [0.25, 0.3) is 0 Å². The summed E-state index contributed by atoms with van der Waals surface area (Å²) in [6.07, 6.45) is 77.1. The summed E-state index contributed by atoms with van der Waals surface area (Å²) in [4.78, 5) is 25.4. The lowest BCUT2D eigenvalue weighted by Crippen LogP contribution is -2.30. The molecule has 0 aromatic heterocycles. The number of carbonyl (C=O) groups is 2. The molecule has 0 radical (unpaired) electrons. The van der Waals surface area contributed by atoms with E-state index in [4.69, 9.17) is 14.2 Å². The van der Waals surface area contributed by atoms with Crippen molar-refractivity contribution in [2.24, 2.45) is 0 Å². The van der Waals surface area contributed by atoms with Crippen LogP contribution in [0.15, 0.2) is 109 Å².